The van der Waals surface area contributed by atoms with Crippen LogP contribution in [0.15, 0.2) is 51.9 Å². The fourth-order valence-electron chi connectivity index (χ4n) is 2.03. The second kappa shape index (κ2) is 4.00. The minimum atomic E-state index is 0.278. The summed E-state index contributed by atoms with van der Waals surface area (Å²) in [7, 11) is 0. The molecule has 0 fully saturated rings. The van der Waals surface area contributed by atoms with Crippen molar-refractivity contribution in [1.82, 2.24) is 0 Å². The quantitative estimate of drug-likeness (QED) is 0.849. The highest BCUT2D eigenvalue weighted by Crippen LogP contribution is 2.32. The molecule has 2 aromatic rings. The Morgan fingerprint density at radius 3 is 2.76 bits per heavy atom. The third kappa shape index (κ3) is 1.87. The van der Waals surface area contributed by atoms with Crippen LogP contribution in [0.1, 0.15) is 11.1 Å². The highest BCUT2D eigenvalue weighted by Gasteiger charge is 2.17. The zero-order chi connectivity index (χ0) is 11.8. The van der Waals surface area contributed by atoms with Gasteiger partial charge in [0, 0.05) is 16.5 Å². The summed E-state index contributed by atoms with van der Waals surface area (Å²) < 4.78 is 0.948. The molecule has 2 nitrogen and oxygen atoms in total. The van der Waals surface area contributed by atoms with Crippen LogP contribution in [0.4, 0.5) is 5.69 Å². The van der Waals surface area contributed by atoms with Crippen LogP contribution in [0, 0.1) is 0 Å². The van der Waals surface area contributed by atoms with E-state index in [4.69, 9.17) is 0 Å². The molecule has 1 aliphatic rings. The molecule has 17 heavy (non-hydrogen) atoms. The second-order valence-electron chi connectivity index (χ2n) is 4.03. The molecule has 1 aliphatic heterocycles. The number of aliphatic imine (C=N–C) groups is 1. The van der Waals surface area contributed by atoms with Crippen molar-refractivity contribution in [2.75, 3.05) is 0 Å². The molecular weight excluding hydrogens is 278 g/mol. The monoisotopic (exact) mass is 287 g/mol. The van der Waals surface area contributed by atoms with Crippen LogP contribution >= 0.6 is 15.9 Å². The lowest BCUT2D eigenvalue weighted by atomic mass is 10.0. The Hall–Kier alpha value is -1.61. The van der Waals surface area contributed by atoms with Gasteiger partial charge in [-0.2, -0.15) is 0 Å². The Morgan fingerprint density at radius 2 is 1.94 bits per heavy atom. The Bertz CT molecular complexity index is 619. The van der Waals surface area contributed by atoms with Gasteiger partial charge < -0.3 is 5.11 Å². The van der Waals surface area contributed by atoms with Gasteiger partial charge >= 0.3 is 0 Å². The van der Waals surface area contributed by atoms with E-state index < -0.39 is 0 Å². The van der Waals surface area contributed by atoms with Gasteiger partial charge in [-0.25, -0.2) is 0 Å². The molecule has 3 rings (SSSR count). The van der Waals surface area contributed by atoms with Gasteiger partial charge in [-0.05, 0) is 29.8 Å². The van der Waals surface area contributed by atoms with Crippen LogP contribution < -0.4 is 0 Å². The van der Waals surface area contributed by atoms with Crippen LogP contribution in [0.25, 0.3) is 0 Å². The third-order valence-electron chi connectivity index (χ3n) is 2.87. The van der Waals surface area contributed by atoms with Crippen molar-refractivity contribution in [3.63, 3.8) is 0 Å². The Morgan fingerprint density at radius 1 is 1.12 bits per heavy atom. The molecule has 0 spiro atoms. The number of fused-ring (bicyclic) bond motifs is 1. The molecule has 0 bridgehead atoms. The molecule has 0 aliphatic carbocycles. The fraction of sp³-hybridized carbons (Fsp3) is 0.0714. The van der Waals surface area contributed by atoms with Crippen molar-refractivity contribution in [3.8, 4) is 5.75 Å². The summed E-state index contributed by atoms with van der Waals surface area (Å²) in [4.78, 5) is 4.56. The lowest BCUT2D eigenvalue weighted by Crippen LogP contribution is -2.00. The molecule has 84 valence electrons. The van der Waals surface area contributed by atoms with Gasteiger partial charge in [0.2, 0.25) is 0 Å². The van der Waals surface area contributed by atoms with Crippen LogP contribution in [-0.4, -0.2) is 10.8 Å². The fourth-order valence-corrected chi connectivity index (χ4v) is 2.39. The first kappa shape index (κ1) is 10.5. The van der Waals surface area contributed by atoms with Gasteiger partial charge in [-0.3, -0.25) is 4.99 Å². The maximum absolute atomic E-state index is 9.87. The third-order valence-corrected chi connectivity index (χ3v) is 3.37. The van der Waals surface area contributed by atoms with Gasteiger partial charge in [-0.1, -0.05) is 34.1 Å². The van der Waals surface area contributed by atoms with Crippen molar-refractivity contribution >= 4 is 27.3 Å². The molecule has 1 N–H and O–H groups in total. The van der Waals surface area contributed by atoms with Crippen LogP contribution in [0.2, 0.25) is 0 Å². The average molecular weight is 288 g/mol. The molecule has 1 heterocycles. The molecule has 0 amide bonds. The number of hydrogen-bond donors (Lipinski definition) is 1. The predicted octanol–water partition coefficient (Wildman–Crippen LogP) is 3.83. The molecule has 0 atom stereocenters. The Labute approximate surface area is 108 Å². The topological polar surface area (TPSA) is 32.6 Å². The highest BCUT2D eigenvalue weighted by atomic mass is 79.9. The van der Waals surface area contributed by atoms with Crippen molar-refractivity contribution in [3.05, 3.63) is 58.1 Å². The minimum absolute atomic E-state index is 0.278. The van der Waals surface area contributed by atoms with E-state index in [0.717, 1.165) is 27.9 Å². The molecule has 0 saturated heterocycles. The van der Waals surface area contributed by atoms with E-state index in [9.17, 15) is 5.11 Å². The van der Waals surface area contributed by atoms with E-state index in [1.807, 2.05) is 30.3 Å². The largest absolute Gasteiger partial charge is 0.507 e. The molecule has 0 unspecified atom stereocenters. The molecule has 3 heteroatoms. The lowest BCUT2D eigenvalue weighted by Gasteiger charge is -2.04. The van der Waals surface area contributed by atoms with Crippen molar-refractivity contribution in [1.29, 1.82) is 0 Å². The average Bonchev–Trinajstić information content (AvgIpc) is 2.75. The van der Waals surface area contributed by atoms with Gasteiger partial charge in [0.1, 0.15) is 5.75 Å². The predicted molar refractivity (Wildman–Crippen MR) is 72.1 cm³/mol. The number of para-hydroxylation sites is 1. The van der Waals surface area contributed by atoms with Crippen molar-refractivity contribution in [2.24, 2.45) is 4.99 Å². The summed E-state index contributed by atoms with van der Waals surface area (Å²) in [5.41, 5.74) is 3.93. The van der Waals surface area contributed by atoms with E-state index in [0.29, 0.717) is 0 Å². The van der Waals surface area contributed by atoms with E-state index in [2.05, 4.69) is 27.0 Å². The molecule has 0 saturated carbocycles. The number of halogens is 1. The number of phenolic OH excluding ortho intramolecular Hbond substituents is 1. The summed E-state index contributed by atoms with van der Waals surface area (Å²) in [5.74, 6) is 0.278. The van der Waals surface area contributed by atoms with E-state index in [1.165, 1.54) is 5.56 Å². The van der Waals surface area contributed by atoms with Gasteiger partial charge in [-0.15, -0.1) is 0 Å². The van der Waals surface area contributed by atoms with Gasteiger partial charge in [0.25, 0.3) is 0 Å². The van der Waals surface area contributed by atoms with E-state index in [-0.39, 0.29) is 5.75 Å². The smallest absolute Gasteiger partial charge is 0.124 e. The van der Waals surface area contributed by atoms with E-state index in [1.54, 1.807) is 6.07 Å². The highest BCUT2D eigenvalue weighted by molar-refractivity contribution is 9.10. The maximum Gasteiger partial charge on any atom is 0.124 e. The van der Waals surface area contributed by atoms with Crippen LogP contribution in [-0.2, 0) is 6.42 Å². The first-order valence-electron chi connectivity index (χ1n) is 5.38. The number of hydrogen-bond acceptors (Lipinski definition) is 2. The van der Waals surface area contributed by atoms with Crippen LogP contribution in [0.5, 0.6) is 5.75 Å². The number of rotatable bonds is 1. The molecule has 0 aromatic heterocycles. The molecule has 2 aromatic carbocycles. The number of nitrogens with zero attached hydrogens (tertiary/aromatic N) is 1. The van der Waals surface area contributed by atoms with Gasteiger partial charge in [0.15, 0.2) is 0 Å². The molecule has 0 radical (unpaired) electrons. The van der Waals surface area contributed by atoms with E-state index >= 15 is 0 Å². The zero-order valence-corrected chi connectivity index (χ0v) is 10.6. The zero-order valence-electron chi connectivity index (χ0n) is 9.02. The minimum Gasteiger partial charge on any atom is -0.507 e. The first-order valence-corrected chi connectivity index (χ1v) is 6.18. The normalized spacial score (nSPS) is 13.4. The SMILES string of the molecule is Oc1ccc(Br)cc1C1=Nc2ccccc2C1. The summed E-state index contributed by atoms with van der Waals surface area (Å²) in [5, 5.41) is 9.87. The van der Waals surface area contributed by atoms with Crippen molar-refractivity contribution in [2.45, 2.75) is 6.42 Å². The summed E-state index contributed by atoms with van der Waals surface area (Å²) in [6.45, 7) is 0. The Balaban J connectivity index is 2.06. The summed E-state index contributed by atoms with van der Waals surface area (Å²) in [6, 6.07) is 13.5. The molecular formula is C14H10BrNO. The lowest BCUT2D eigenvalue weighted by molar-refractivity contribution is 0.474. The number of benzene rings is 2. The van der Waals surface area contributed by atoms with Gasteiger partial charge in [0.05, 0.1) is 11.4 Å². The Kier molecular flexibility index (Phi) is 2.48. The standard InChI is InChI=1S/C14H10BrNO/c15-10-5-6-14(17)11(8-10)13-7-9-3-1-2-4-12(9)16-13/h1-6,8,17H,7H2. The number of aromatic hydroxyl groups is 1. The van der Waals surface area contributed by atoms with Crippen LogP contribution in [0.3, 0.4) is 0 Å². The van der Waals surface area contributed by atoms with Crippen molar-refractivity contribution < 1.29 is 5.11 Å². The summed E-state index contributed by atoms with van der Waals surface area (Å²) in [6.07, 6.45) is 0.778. The maximum atomic E-state index is 9.87. The number of phenols is 1. The summed E-state index contributed by atoms with van der Waals surface area (Å²) >= 11 is 3.41. The first-order chi connectivity index (χ1) is 8.24. The second-order valence-corrected chi connectivity index (χ2v) is 4.94.